The number of alkyl carbamates (subject to hydrolysis) is 1. The number of amides is 3. The van der Waals surface area contributed by atoms with E-state index in [2.05, 4.69) is 16.6 Å². The molecule has 2 atom stereocenters. The topological polar surface area (TPSA) is 87.7 Å². The van der Waals surface area contributed by atoms with Crippen LogP contribution in [0.1, 0.15) is 76.6 Å². The van der Waals surface area contributed by atoms with Gasteiger partial charge in [-0.3, -0.25) is 9.59 Å². The summed E-state index contributed by atoms with van der Waals surface area (Å²) in [5, 5.41) is 5.79. The Hall–Kier alpha value is -3.79. The van der Waals surface area contributed by atoms with Crippen LogP contribution in [0.5, 0.6) is 0 Å². The van der Waals surface area contributed by atoms with Crippen molar-refractivity contribution in [3.05, 3.63) is 71.3 Å². The van der Waals surface area contributed by atoms with Crippen molar-refractivity contribution < 1.29 is 19.1 Å². The summed E-state index contributed by atoms with van der Waals surface area (Å²) in [6, 6.07) is 14.9. The van der Waals surface area contributed by atoms with Crippen molar-refractivity contribution in [3.63, 3.8) is 0 Å². The number of hydrogen-bond acceptors (Lipinski definition) is 4. The molecule has 0 saturated heterocycles. The molecule has 2 aromatic rings. The molecule has 2 N–H and O–H groups in total. The fraction of sp³-hybridized carbons (Fsp3) is 0.452. The Morgan fingerprint density at radius 3 is 2.18 bits per heavy atom. The predicted molar refractivity (Wildman–Crippen MR) is 148 cm³/mol. The molecular weight excluding hydrogens is 478 g/mol. The Labute approximate surface area is 226 Å². The molecule has 0 aliphatic heterocycles. The lowest BCUT2D eigenvalue weighted by Gasteiger charge is -2.44. The molecule has 38 heavy (non-hydrogen) atoms. The molecule has 0 radical (unpaired) electrons. The smallest absolute Gasteiger partial charge is 0.408 e. The molecule has 1 saturated carbocycles. The minimum Gasteiger partial charge on any atom is -0.444 e. The zero-order valence-corrected chi connectivity index (χ0v) is 23.0. The Balaban J connectivity index is 1.96. The van der Waals surface area contributed by atoms with Crippen LogP contribution >= 0.6 is 0 Å². The molecule has 3 amide bonds. The first-order chi connectivity index (χ1) is 18.0. The number of hydrogen-bond donors (Lipinski definition) is 2. The highest BCUT2D eigenvalue weighted by Gasteiger charge is 2.42. The van der Waals surface area contributed by atoms with E-state index in [1.807, 2.05) is 44.2 Å². The minimum atomic E-state index is -0.884. The normalized spacial score (nSPS) is 15.0. The van der Waals surface area contributed by atoms with E-state index >= 15 is 0 Å². The van der Waals surface area contributed by atoms with Crippen LogP contribution in [0.3, 0.4) is 0 Å². The average molecular weight is 518 g/mol. The lowest BCUT2D eigenvalue weighted by Crippen LogP contribution is -2.58. The van der Waals surface area contributed by atoms with E-state index in [4.69, 9.17) is 11.2 Å². The number of nitrogens with zero attached hydrogens (tertiary/aromatic N) is 1. The van der Waals surface area contributed by atoms with Crippen molar-refractivity contribution in [2.24, 2.45) is 5.92 Å². The quantitative estimate of drug-likeness (QED) is 0.461. The summed E-state index contributed by atoms with van der Waals surface area (Å²) in [7, 11) is 0. The van der Waals surface area contributed by atoms with Gasteiger partial charge in [0.15, 0.2) is 0 Å². The van der Waals surface area contributed by atoms with Crippen molar-refractivity contribution >= 4 is 17.9 Å². The van der Waals surface area contributed by atoms with Gasteiger partial charge in [0.25, 0.3) is 0 Å². The van der Waals surface area contributed by atoms with Crippen LogP contribution in [0.2, 0.25) is 0 Å². The summed E-state index contributed by atoms with van der Waals surface area (Å²) >= 11 is 0. The highest BCUT2D eigenvalue weighted by Crippen LogP contribution is 2.34. The number of benzene rings is 2. The second-order valence-electron chi connectivity index (χ2n) is 11.1. The summed E-state index contributed by atoms with van der Waals surface area (Å²) in [6.45, 7) is 9.37. The SMILES string of the molecule is C#Cc1ccc(C(C(=O)NCc2ccccc2)N(C(=O)C(NC(=O)OC(C)(C)C)C(C)C)C2CCC2)cc1. The maximum absolute atomic E-state index is 14.2. The standard InChI is InChI=1S/C31H39N3O4/c1-7-22-16-18-24(19-17-22)27(28(35)32-20-23-12-9-8-10-13-23)34(25-14-11-15-25)29(36)26(21(2)3)33-30(37)38-31(4,5)6/h1,8-10,12-13,16-19,21,25-27H,11,14-15,20H2,2-6H3,(H,32,35)(H,33,37). The fourth-order valence-corrected chi connectivity index (χ4v) is 4.37. The molecule has 7 heteroatoms. The van der Waals surface area contributed by atoms with Crippen LogP contribution in [0, 0.1) is 18.3 Å². The van der Waals surface area contributed by atoms with Crippen molar-refractivity contribution in [1.29, 1.82) is 0 Å². The molecular formula is C31H39N3O4. The van der Waals surface area contributed by atoms with Crippen molar-refractivity contribution in [3.8, 4) is 12.3 Å². The molecule has 0 aromatic heterocycles. The van der Waals surface area contributed by atoms with Crippen LogP contribution in [0.15, 0.2) is 54.6 Å². The Bertz CT molecular complexity index is 1140. The van der Waals surface area contributed by atoms with Gasteiger partial charge >= 0.3 is 6.09 Å². The first-order valence-corrected chi connectivity index (χ1v) is 13.2. The second-order valence-corrected chi connectivity index (χ2v) is 11.1. The number of carbonyl (C=O) groups excluding carboxylic acids is 3. The summed E-state index contributed by atoms with van der Waals surface area (Å²) in [4.78, 5) is 42.3. The minimum absolute atomic E-state index is 0.121. The van der Waals surface area contributed by atoms with E-state index in [1.165, 1.54) is 0 Å². The number of carbonyl (C=O) groups is 3. The Morgan fingerprint density at radius 1 is 1.05 bits per heavy atom. The number of nitrogens with one attached hydrogen (secondary N) is 2. The molecule has 1 aliphatic rings. The van der Waals surface area contributed by atoms with E-state index in [0.29, 0.717) is 17.7 Å². The molecule has 7 nitrogen and oxygen atoms in total. The van der Waals surface area contributed by atoms with E-state index in [1.54, 1.807) is 49.9 Å². The average Bonchev–Trinajstić information content (AvgIpc) is 2.84. The number of rotatable bonds is 9. The lowest BCUT2D eigenvalue weighted by molar-refractivity contribution is -0.148. The van der Waals surface area contributed by atoms with E-state index in [0.717, 1.165) is 24.8 Å². The zero-order chi connectivity index (χ0) is 27.9. The number of terminal acetylenes is 1. The van der Waals surface area contributed by atoms with Gasteiger partial charge < -0.3 is 20.3 Å². The second kappa shape index (κ2) is 12.6. The largest absolute Gasteiger partial charge is 0.444 e. The zero-order valence-electron chi connectivity index (χ0n) is 23.0. The molecule has 2 unspecified atom stereocenters. The first-order valence-electron chi connectivity index (χ1n) is 13.2. The van der Waals surface area contributed by atoms with Crippen LogP contribution < -0.4 is 10.6 Å². The fourth-order valence-electron chi connectivity index (χ4n) is 4.37. The maximum atomic E-state index is 14.2. The van der Waals surface area contributed by atoms with E-state index in [9.17, 15) is 14.4 Å². The molecule has 0 heterocycles. The first kappa shape index (κ1) is 28.8. The lowest BCUT2D eigenvalue weighted by atomic mass is 9.87. The van der Waals surface area contributed by atoms with Gasteiger partial charge in [-0.25, -0.2) is 4.79 Å². The summed E-state index contributed by atoms with van der Waals surface area (Å²) in [6.07, 6.45) is 7.42. The van der Waals surface area contributed by atoms with Gasteiger partial charge in [0.05, 0.1) is 0 Å². The third-order valence-corrected chi connectivity index (χ3v) is 6.56. The third kappa shape index (κ3) is 7.61. The van der Waals surface area contributed by atoms with Gasteiger partial charge in [-0.2, -0.15) is 0 Å². The van der Waals surface area contributed by atoms with Crippen molar-refractivity contribution in [2.45, 2.75) is 84.2 Å². The molecule has 0 bridgehead atoms. The highest BCUT2D eigenvalue weighted by molar-refractivity contribution is 5.92. The van der Waals surface area contributed by atoms with Gasteiger partial charge in [-0.05, 0) is 69.2 Å². The Kier molecular flexibility index (Phi) is 9.57. The van der Waals surface area contributed by atoms with Gasteiger partial charge in [0.2, 0.25) is 11.8 Å². The maximum Gasteiger partial charge on any atom is 0.408 e. The summed E-state index contributed by atoms with van der Waals surface area (Å²) in [5.41, 5.74) is 1.59. The van der Waals surface area contributed by atoms with Crippen LogP contribution in [-0.2, 0) is 20.9 Å². The van der Waals surface area contributed by atoms with Crippen molar-refractivity contribution in [1.82, 2.24) is 15.5 Å². The molecule has 2 aromatic carbocycles. The Morgan fingerprint density at radius 2 is 1.68 bits per heavy atom. The number of ether oxygens (including phenoxy) is 1. The summed E-state index contributed by atoms with van der Waals surface area (Å²) in [5.74, 6) is 1.77. The van der Waals surface area contributed by atoms with Crippen LogP contribution in [0.4, 0.5) is 4.79 Å². The van der Waals surface area contributed by atoms with Crippen molar-refractivity contribution in [2.75, 3.05) is 0 Å². The molecule has 1 aliphatic carbocycles. The predicted octanol–water partition coefficient (Wildman–Crippen LogP) is 4.96. The van der Waals surface area contributed by atoms with Gasteiger partial charge in [-0.1, -0.05) is 62.2 Å². The van der Waals surface area contributed by atoms with Gasteiger partial charge in [-0.15, -0.1) is 6.42 Å². The highest BCUT2D eigenvalue weighted by atomic mass is 16.6. The van der Waals surface area contributed by atoms with Crippen LogP contribution in [-0.4, -0.2) is 40.5 Å². The third-order valence-electron chi connectivity index (χ3n) is 6.56. The van der Waals surface area contributed by atoms with Gasteiger partial charge in [0.1, 0.15) is 17.7 Å². The van der Waals surface area contributed by atoms with E-state index in [-0.39, 0.29) is 23.8 Å². The van der Waals surface area contributed by atoms with Gasteiger partial charge in [0, 0.05) is 18.2 Å². The molecule has 0 spiro atoms. The molecule has 202 valence electrons. The van der Waals surface area contributed by atoms with E-state index < -0.39 is 23.8 Å². The molecule has 1 fully saturated rings. The molecule has 3 rings (SSSR count). The van der Waals surface area contributed by atoms with Crippen LogP contribution in [0.25, 0.3) is 0 Å². The summed E-state index contributed by atoms with van der Waals surface area (Å²) < 4.78 is 5.44. The monoisotopic (exact) mass is 517 g/mol.